The van der Waals surface area contributed by atoms with Crippen LogP contribution in [-0.4, -0.2) is 24.8 Å². The Hall–Kier alpha value is -0.783. The highest BCUT2D eigenvalue weighted by Crippen LogP contribution is 2.37. The highest BCUT2D eigenvalue weighted by molar-refractivity contribution is 7.83. The maximum absolute atomic E-state index is 12.3. The summed E-state index contributed by atoms with van der Waals surface area (Å²) >= 11 is 0. The average molecular weight is 354 g/mol. The second-order valence-electron chi connectivity index (χ2n) is 7.90. The second kappa shape index (κ2) is 7.86. The van der Waals surface area contributed by atoms with Gasteiger partial charge in [0.2, 0.25) is 0 Å². The molecule has 1 unspecified atom stereocenters. The van der Waals surface area contributed by atoms with Gasteiger partial charge in [-0.25, -0.2) is 4.21 Å². The Balaban J connectivity index is 2.87. The molecule has 0 bridgehead atoms. The van der Waals surface area contributed by atoms with Gasteiger partial charge < -0.3 is 4.43 Å². The molecular weight excluding hydrogens is 322 g/mol. The maximum atomic E-state index is 12.3. The summed E-state index contributed by atoms with van der Waals surface area (Å²) in [5, 5.41) is 0.143. The normalized spacial score (nSPS) is 16.0. The van der Waals surface area contributed by atoms with Crippen LogP contribution in [0.5, 0.6) is 0 Å². The second-order valence-corrected chi connectivity index (χ2v) is 13.8. The molecule has 0 aliphatic carbocycles. The SMILES string of the molecule is Cc1ccc(S(=O)/N=C/[C@@H](O[Si](C)(C)C(C)(C)C)C(C)C)cc1. The van der Waals surface area contributed by atoms with E-state index in [1.54, 1.807) is 6.21 Å². The number of rotatable bonds is 6. The molecule has 2 atom stereocenters. The topological polar surface area (TPSA) is 38.7 Å². The van der Waals surface area contributed by atoms with E-state index in [1.807, 2.05) is 31.2 Å². The van der Waals surface area contributed by atoms with Crippen LogP contribution in [0, 0.1) is 12.8 Å². The van der Waals surface area contributed by atoms with Gasteiger partial charge in [0.05, 0.1) is 11.0 Å². The van der Waals surface area contributed by atoms with Crippen molar-refractivity contribution in [3.05, 3.63) is 29.8 Å². The van der Waals surface area contributed by atoms with E-state index in [-0.39, 0.29) is 11.1 Å². The van der Waals surface area contributed by atoms with Crippen molar-refractivity contribution in [1.82, 2.24) is 0 Å². The Morgan fingerprint density at radius 3 is 2.13 bits per heavy atom. The van der Waals surface area contributed by atoms with Crippen molar-refractivity contribution in [1.29, 1.82) is 0 Å². The summed E-state index contributed by atoms with van der Waals surface area (Å²) in [7, 11) is -3.25. The van der Waals surface area contributed by atoms with Crippen molar-refractivity contribution >= 4 is 25.5 Å². The molecule has 130 valence electrons. The van der Waals surface area contributed by atoms with E-state index in [9.17, 15) is 4.21 Å². The zero-order valence-corrected chi connectivity index (χ0v) is 17.5. The molecule has 0 heterocycles. The van der Waals surface area contributed by atoms with E-state index in [1.165, 1.54) is 0 Å². The van der Waals surface area contributed by atoms with E-state index in [0.717, 1.165) is 10.5 Å². The van der Waals surface area contributed by atoms with Crippen LogP contribution in [0.2, 0.25) is 18.1 Å². The first-order valence-corrected chi connectivity index (χ1v) is 12.2. The number of hydrogen-bond acceptors (Lipinski definition) is 2. The van der Waals surface area contributed by atoms with Crippen molar-refractivity contribution in [3.63, 3.8) is 0 Å². The molecule has 0 radical (unpaired) electrons. The van der Waals surface area contributed by atoms with Gasteiger partial charge in [0.15, 0.2) is 19.3 Å². The molecule has 0 saturated carbocycles. The molecule has 3 nitrogen and oxygen atoms in total. The van der Waals surface area contributed by atoms with Crippen LogP contribution >= 0.6 is 0 Å². The van der Waals surface area contributed by atoms with Gasteiger partial charge >= 0.3 is 0 Å². The van der Waals surface area contributed by atoms with Gasteiger partial charge in [-0.2, -0.15) is 4.40 Å². The third kappa shape index (κ3) is 5.97. The van der Waals surface area contributed by atoms with Crippen LogP contribution in [0.25, 0.3) is 0 Å². The molecule has 0 amide bonds. The van der Waals surface area contributed by atoms with Gasteiger partial charge in [0.1, 0.15) is 0 Å². The highest BCUT2D eigenvalue weighted by Gasteiger charge is 2.39. The summed E-state index contributed by atoms with van der Waals surface area (Å²) in [6, 6.07) is 7.63. The molecule has 0 aromatic heterocycles. The first-order valence-electron chi connectivity index (χ1n) is 8.14. The molecule has 1 aromatic rings. The van der Waals surface area contributed by atoms with E-state index in [4.69, 9.17) is 4.43 Å². The lowest BCUT2D eigenvalue weighted by Crippen LogP contribution is -2.45. The Morgan fingerprint density at radius 2 is 1.70 bits per heavy atom. The van der Waals surface area contributed by atoms with E-state index >= 15 is 0 Å². The van der Waals surface area contributed by atoms with Gasteiger partial charge in [-0.1, -0.05) is 52.3 Å². The summed E-state index contributed by atoms with van der Waals surface area (Å²) in [5.74, 6) is 0.294. The van der Waals surface area contributed by atoms with Gasteiger partial charge in [0, 0.05) is 6.21 Å². The molecule has 1 aromatic carbocycles. The van der Waals surface area contributed by atoms with Crippen molar-refractivity contribution in [2.24, 2.45) is 10.3 Å². The minimum Gasteiger partial charge on any atom is -0.409 e. The summed E-state index contributed by atoms with van der Waals surface area (Å²) in [4.78, 5) is 0.724. The van der Waals surface area contributed by atoms with Gasteiger partial charge in [0.25, 0.3) is 0 Å². The monoisotopic (exact) mass is 353 g/mol. The standard InChI is InChI=1S/C18H31NO2SSi/c1-14(2)17(21-23(7,8)18(4,5)6)13-19-22(20)16-11-9-15(3)10-12-16/h9-14,17H,1-8H3/b19-13+/t17-,22?/m1/s1. The molecule has 23 heavy (non-hydrogen) atoms. The van der Waals surface area contributed by atoms with E-state index in [0.29, 0.717) is 5.92 Å². The Kier molecular flexibility index (Phi) is 6.92. The van der Waals surface area contributed by atoms with Crippen molar-refractivity contribution in [2.45, 2.75) is 70.7 Å². The number of benzene rings is 1. The fourth-order valence-corrected chi connectivity index (χ4v) is 3.77. The lowest BCUT2D eigenvalue weighted by atomic mass is 10.1. The highest BCUT2D eigenvalue weighted by atomic mass is 32.2. The molecular formula is C18H31NO2SSi. The van der Waals surface area contributed by atoms with Crippen LogP contribution in [0.15, 0.2) is 33.6 Å². The first kappa shape index (κ1) is 20.3. The van der Waals surface area contributed by atoms with Gasteiger partial charge in [-0.15, -0.1) is 0 Å². The molecule has 0 saturated heterocycles. The van der Waals surface area contributed by atoms with Crippen LogP contribution in [0.1, 0.15) is 40.2 Å². The number of hydrogen-bond donors (Lipinski definition) is 0. The molecule has 0 fully saturated rings. The van der Waals surface area contributed by atoms with Crippen molar-refractivity contribution in [2.75, 3.05) is 0 Å². The smallest absolute Gasteiger partial charge is 0.192 e. The predicted molar refractivity (Wildman–Crippen MR) is 103 cm³/mol. The van der Waals surface area contributed by atoms with Crippen molar-refractivity contribution < 1.29 is 8.63 Å². The predicted octanol–water partition coefficient (Wildman–Crippen LogP) is 5.13. The fourth-order valence-electron chi connectivity index (χ4n) is 1.69. The number of aryl methyl sites for hydroxylation is 1. The Bertz CT molecular complexity index is 559. The summed E-state index contributed by atoms with van der Waals surface area (Å²) in [5.41, 5.74) is 1.15. The fraction of sp³-hybridized carbons (Fsp3) is 0.611. The van der Waals surface area contributed by atoms with Crippen molar-refractivity contribution in [3.8, 4) is 0 Å². The van der Waals surface area contributed by atoms with Crippen LogP contribution < -0.4 is 0 Å². The summed E-state index contributed by atoms with van der Waals surface area (Å²) in [6.07, 6.45) is 1.63. The van der Waals surface area contributed by atoms with Gasteiger partial charge in [-0.05, 0) is 43.1 Å². The Morgan fingerprint density at radius 1 is 1.17 bits per heavy atom. The molecule has 0 aliphatic heterocycles. The zero-order chi connectivity index (χ0) is 17.8. The lowest BCUT2D eigenvalue weighted by Gasteiger charge is -2.39. The maximum Gasteiger partial charge on any atom is 0.192 e. The largest absolute Gasteiger partial charge is 0.409 e. The van der Waals surface area contributed by atoms with E-state index in [2.05, 4.69) is 52.1 Å². The van der Waals surface area contributed by atoms with Crippen LogP contribution in [0.4, 0.5) is 0 Å². The molecule has 1 rings (SSSR count). The van der Waals surface area contributed by atoms with E-state index < -0.39 is 19.3 Å². The third-order valence-corrected chi connectivity index (χ3v) is 9.88. The minimum atomic E-state index is -1.88. The average Bonchev–Trinajstić information content (AvgIpc) is 2.42. The zero-order valence-electron chi connectivity index (χ0n) is 15.7. The quantitative estimate of drug-likeness (QED) is 0.525. The lowest BCUT2D eigenvalue weighted by molar-refractivity contribution is 0.199. The summed E-state index contributed by atoms with van der Waals surface area (Å²) in [6.45, 7) is 17.4. The molecule has 0 spiro atoms. The third-order valence-electron chi connectivity index (χ3n) is 4.42. The van der Waals surface area contributed by atoms with Crippen LogP contribution in [0.3, 0.4) is 0 Å². The Labute approximate surface area is 145 Å². The van der Waals surface area contributed by atoms with Crippen LogP contribution in [-0.2, 0) is 15.4 Å². The summed E-state index contributed by atoms with van der Waals surface area (Å²) < 4.78 is 23.0. The molecule has 5 heteroatoms. The number of nitrogens with zero attached hydrogens (tertiary/aromatic N) is 1. The minimum absolute atomic E-state index is 0.106. The van der Waals surface area contributed by atoms with Gasteiger partial charge in [-0.3, -0.25) is 0 Å². The molecule has 0 aliphatic rings. The first-order chi connectivity index (χ1) is 10.4. The molecule has 0 N–H and O–H groups in total.